The van der Waals surface area contributed by atoms with Gasteiger partial charge in [-0.25, -0.2) is 4.68 Å². The van der Waals surface area contributed by atoms with Crippen LogP contribution in [0.4, 0.5) is 0 Å². The number of hydrogen-bond acceptors (Lipinski definition) is 5. The van der Waals surface area contributed by atoms with E-state index in [9.17, 15) is 14.4 Å². The Labute approximate surface area is 124 Å². The highest BCUT2D eigenvalue weighted by atomic mass is 16.5. The van der Waals surface area contributed by atoms with Crippen molar-refractivity contribution in [3.05, 3.63) is 46.5 Å². The third-order valence-corrected chi connectivity index (χ3v) is 3.41. The quantitative estimate of drug-likeness (QED) is 0.533. The molecule has 0 atom stereocenters. The third kappa shape index (κ3) is 2.07. The molecule has 0 aliphatic heterocycles. The average Bonchev–Trinajstić information content (AvgIpc) is 2.89. The molecule has 0 amide bonds. The molecule has 0 N–H and O–H groups in total. The molecular weight excluding hydrogens is 286 g/mol. The van der Waals surface area contributed by atoms with Crippen molar-refractivity contribution in [1.29, 1.82) is 0 Å². The fraction of sp³-hybridized carbons (Fsp3) is 0.200. The standard InChI is InChI=1S/C15H13N3O4/c1-9(19)14-16-17(8-13(20)22-2)15(21)12-7-10-5-3-4-6-11(10)18(12)14/h3-7H,8H2,1-2H3. The summed E-state index contributed by atoms with van der Waals surface area (Å²) in [5.41, 5.74) is 0.564. The van der Waals surface area contributed by atoms with E-state index in [0.29, 0.717) is 5.52 Å². The van der Waals surface area contributed by atoms with Gasteiger partial charge in [0.1, 0.15) is 12.1 Å². The molecule has 1 aromatic carbocycles. The highest BCUT2D eigenvalue weighted by Crippen LogP contribution is 2.19. The maximum absolute atomic E-state index is 12.5. The largest absolute Gasteiger partial charge is 0.468 e. The Balaban J connectivity index is 2.41. The molecule has 0 radical (unpaired) electrons. The predicted octanol–water partition coefficient (Wildman–Crippen LogP) is 1.02. The van der Waals surface area contributed by atoms with Crippen LogP contribution in [0.15, 0.2) is 35.1 Å². The summed E-state index contributed by atoms with van der Waals surface area (Å²) in [6, 6.07) is 8.99. The number of Topliss-reactive ketones (excluding diaryl/α,β-unsaturated/α-hetero) is 1. The van der Waals surface area contributed by atoms with Crippen molar-refractivity contribution >= 4 is 28.2 Å². The van der Waals surface area contributed by atoms with Crippen LogP contribution in [0.2, 0.25) is 0 Å². The van der Waals surface area contributed by atoms with E-state index < -0.39 is 11.5 Å². The monoisotopic (exact) mass is 299 g/mol. The zero-order valence-corrected chi connectivity index (χ0v) is 12.1. The molecule has 0 unspecified atom stereocenters. The Morgan fingerprint density at radius 1 is 1.23 bits per heavy atom. The first-order chi connectivity index (χ1) is 10.5. The van der Waals surface area contributed by atoms with Gasteiger partial charge in [0.25, 0.3) is 5.56 Å². The van der Waals surface area contributed by atoms with Crippen LogP contribution in [-0.2, 0) is 16.1 Å². The van der Waals surface area contributed by atoms with Gasteiger partial charge in [-0.1, -0.05) is 18.2 Å². The summed E-state index contributed by atoms with van der Waals surface area (Å²) in [7, 11) is 1.23. The average molecular weight is 299 g/mol. The smallest absolute Gasteiger partial charge is 0.327 e. The highest BCUT2D eigenvalue weighted by Gasteiger charge is 2.18. The fourth-order valence-electron chi connectivity index (χ4n) is 2.40. The van der Waals surface area contributed by atoms with E-state index in [2.05, 4.69) is 9.84 Å². The molecule has 0 fully saturated rings. The van der Waals surface area contributed by atoms with E-state index in [1.807, 2.05) is 18.2 Å². The number of fused-ring (bicyclic) bond motifs is 3. The van der Waals surface area contributed by atoms with Crippen molar-refractivity contribution in [2.75, 3.05) is 7.11 Å². The number of benzene rings is 1. The first-order valence-corrected chi connectivity index (χ1v) is 6.62. The normalized spacial score (nSPS) is 11.0. The Morgan fingerprint density at radius 2 is 1.95 bits per heavy atom. The van der Waals surface area contributed by atoms with E-state index in [-0.39, 0.29) is 18.2 Å². The molecule has 7 nitrogen and oxygen atoms in total. The number of carbonyl (C=O) groups is 2. The van der Waals surface area contributed by atoms with Crippen molar-refractivity contribution < 1.29 is 14.3 Å². The van der Waals surface area contributed by atoms with Crippen LogP contribution < -0.4 is 5.56 Å². The zero-order valence-electron chi connectivity index (χ0n) is 12.1. The summed E-state index contributed by atoms with van der Waals surface area (Å²) >= 11 is 0. The molecule has 0 saturated heterocycles. The third-order valence-electron chi connectivity index (χ3n) is 3.41. The van der Waals surface area contributed by atoms with Gasteiger partial charge in [-0.05, 0) is 12.1 Å². The van der Waals surface area contributed by atoms with Gasteiger partial charge in [0.15, 0.2) is 5.78 Å². The molecule has 0 saturated carbocycles. The molecule has 7 heteroatoms. The molecule has 0 spiro atoms. The van der Waals surface area contributed by atoms with Crippen LogP contribution in [0.25, 0.3) is 16.4 Å². The Bertz CT molecular complexity index is 968. The van der Waals surface area contributed by atoms with Gasteiger partial charge in [0.05, 0.1) is 12.6 Å². The van der Waals surface area contributed by atoms with E-state index in [1.54, 1.807) is 12.1 Å². The SMILES string of the molecule is COC(=O)Cn1nc(C(C)=O)n2c(cc3ccccc32)c1=O. The molecular formula is C15H13N3O4. The molecule has 2 heterocycles. The highest BCUT2D eigenvalue weighted by molar-refractivity contribution is 5.95. The van der Waals surface area contributed by atoms with Gasteiger partial charge >= 0.3 is 5.97 Å². The molecule has 0 bridgehead atoms. The summed E-state index contributed by atoms with van der Waals surface area (Å²) < 4.78 is 7.03. The Morgan fingerprint density at radius 3 is 2.64 bits per heavy atom. The molecule has 2 aromatic heterocycles. The van der Waals surface area contributed by atoms with E-state index in [4.69, 9.17) is 0 Å². The molecule has 0 aliphatic rings. The predicted molar refractivity (Wildman–Crippen MR) is 79.0 cm³/mol. The van der Waals surface area contributed by atoms with Crippen molar-refractivity contribution in [3.8, 4) is 0 Å². The van der Waals surface area contributed by atoms with Gasteiger partial charge in [0.2, 0.25) is 5.82 Å². The van der Waals surface area contributed by atoms with Crippen molar-refractivity contribution in [1.82, 2.24) is 14.2 Å². The first kappa shape index (κ1) is 14.0. The van der Waals surface area contributed by atoms with Crippen LogP contribution in [0.5, 0.6) is 0 Å². The van der Waals surface area contributed by atoms with Gasteiger partial charge in [-0.15, -0.1) is 5.10 Å². The molecule has 112 valence electrons. The summed E-state index contributed by atoms with van der Waals surface area (Å²) in [4.78, 5) is 35.8. The number of ether oxygens (including phenoxy) is 1. The number of rotatable bonds is 3. The number of carbonyl (C=O) groups excluding carboxylic acids is 2. The number of nitrogens with zero attached hydrogens (tertiary/aromatic N) is 3. The number of ketones is 1. The number of methoxy groups -OCH3 is 1. The summed E-state index contributed by atoms with van der Waals surface area (Å²) in [5.74, 6) is -0.811. The van der Waals surface area contributed by atoms with Crippen LogP contribution in [0.3, 0.4) is 0 Å². The molecule has 3 rings (SSSR count). The van der Waals surface area contributed by atoms with Gasteiger partial charge < -0.3 is 4.74 Å². The summed E-state index contributed by atoms with van der Waals surface area (Å²) in [5, 5.41) is 4.85. The van der Waals surface area contributed by atoms with Gasteiger partial charge in [-0.3, -0.25) is 18.8 Å². The van der Waals surface area contributed by atoms with Crippen LogP contribution in [-0.4, -0.2) is 33.0 Å². The lowest BCUT2D eigenvalue weighted by atomic mass is 10.2. The lowest BCUT2D eigenvalue weighted by Crippen LogP contribution is -2.31. The second kappa shape index (κ2) is 5.10. The topological polar surface area (TPSA) is 82.7 Å². The molecule has 3 aromatic rings. The Hall–Kier alpha value is -2.96. The Kier molecular flexibility index (Phi) is 3.25. The minimum absolute atomic E-state index is 0.0969. The number of aromatic nitrogens is 3. The zero-order chi connectivity index (χ0) is 15.9. The summed E-state index contributed by atoms with van der Waals surface area (Å²) in [6.45, 7) is 1.02. The lowest BCUT2D eigenvalue weighted by molar-refractivity contribution is -0.141. The van der Waals surface area contributed by atoms with E-state index in [0.717, 1.165) is 15.6 Å². The molecule has 0 aliphatic carbocycles. The maximum Gasteiger partial charge on any atom is 0.327 e. The van der Waals surface area contributed by atoms with E-state index in [1.165, 1.54) is 18.4 Å². The van der Waals surface area contributed by atoms with Crippen molar-refractivity contribution in [2.45, 2.75) is 13.5 Å². The summed E-state index contributed by atoms with van der Waals surface area (Å²) in [6.07, 6.45) is 0. The maximum atomic E-state index is 12.5. The van der Waals surface area contributed by atoms with Gasteiger partial charge in [-0.2, -0.15) is 0 Å². The van der Waals surface area contributed by atoms with Crippen LogP contribution >= 0.6 is 0 Å². The number of hydrogen-bond donors (Lipinski definition) is 0. The number of esters is 1. The second-order valence-electron chi connectivity index (χ2n) is 4.84. The second-order valence-corrected chi connectivity index (χ2v) is 4.84. The lowest BCUT2D eigenvalue weighted by Gasteiger charge is -2.08. The minimum Gasteiger partial charge on any atom is -0.468 e. The molecule has 22 heavy (non-hydrogen) atoms. The first-order valence-electron chi connectivity index (χ1n) is 6.62. The van der Waals surface area contributed by atoms with Crippen LogP contribution in [0, 0.1) is 0 Å². The fourth-order valence-corrected chi connectivity index (χ4v) is 2.40. The van der Waals surface area contributed by atoms with Crippen molar-refractivity contribution in [2.24, 2.45) is 0 Å². The van der Waals surface area contributed by atoms with E-state index >= 15 is 0 Å². The van der Waals surface area contributed by atoms with Gasteiger partial charge in [0, 0.05) is 12.3 Å². The van der Waals surface area contributed by atoms with Crippen molar-refractivity contribution in [3.63, 3.8) is 0 Å². The van der Waals surface area contributed by atoms with Crippen LogP contribution in [0.1, 0.15) is 17.5 Å². The number of para-hydroxylation sites is 1. The minimum atomic E-state index is -0.607.